The van der Waals surface area contributed by atoms with Crippen LogP contribution in [0.5, 0.6) is 0 Å². The number of hydrogen-bond acceptors (Lipinski definition) is 2. The molecular formula is C12H14FNO3. The second kappa shape index (κ2) is 5.98. The van der Waals surface area contributed by atoms with Crippen LogP contribution in [0.3, 0.4) is 0 Å². The third-order valence-electron chi connectivity index (χ3n) is 2.18. The standard InChI is InChI=1S/C12H14FNO3/c1-8(7-12(16)17)6-11(15)14-10-4-2-9(13)3-5-10/h2-5,8H,6-7H2,1H3,(H,14,15)(H,16,17)/t8-/m1/s1. The number of carboxylic acids is 1. The van der Waals surface area contributed by atoms with Crippen LogP contribution in [-0.4, -0.2) is 17.0 Å². The summed E-state index contributed by atoms with van der Waals surface area (Å²) in [7, 11) is 0. The monoisotopic (exact) mass is 239 g/mol. The summed E-state index contributed by atoms with van der Waals surface area (Å²) < 4.78 is 12.6. The van der Waals surface area contributed by atoms with Crippen molar-refractivity contribution in [2.45, 2.75) is 19.8 Å². The Hall–Kier alpha value is -1.91. The lowest BCUT2D eigenvalue weighted by Gasteiger charge is -2.09. The van der Waals surface area contributed by atoms with E-state index in [1.54, 1.807) is 6.92 Å². The first-order valence-corrected chi connectivity index (χ1v) is 5.24. The van der Waals surface area contributed by atoms with Crippen LogP contribution >= 0.6 is 0 Å². The van der Waals surface area contributed by atoms with Crippen molar-refractivity contribution in [3.8, 4) is 0 Å². The van der Waals surface area contributed by atoms with Crippen molar-refractivity contribution in [3.05, 3.63) is 30.1 Å². The summed E-state index contributed by atoms with van der Waals surface area (Å²) in [5, 5.41) is 11.1. The molecule has 0 fully saturated rings. The lowest BCUT2D eigenvalue weighted by molar-refractivity contribution is -0.138. The molecule has 1 aromatic carbocycles. The fourth-order valence-electron chi connectivity index (χ4n) is 1.43. The Morgan fingerprint density at radius 2 is 1.88 bits per heavy atom. The van der Waals surface area contributed by atoms with Gasteiger partial charge in [-0.15, -0.1) is 0 Å². The van der Waals surface area contributed by atoms with E-state index in [9.17, 15) is 14.0 Å². The molecule has 1 amide bonds. The predicted octanol–water partition coefficient (Wildman–Crippen LogP) is 2.27. The summed E-state index contributed by atoms with van der Waals surface area (Å²) in [6.45, 7) is 1.69. The van der Waals surface area contributed by atoms with Crippen molar-refractivity contribution in [1.82, 2.24) is 0 Å². The summed E-state index contributed by atoms with van der Waals surface area (Å²) >= 11 is 0. The lowest BCUT2D eigenvalue weighted by Crippen LogP contribution is -2.16. The number of carbonyl (C=O) groups is 2. The van der Waals surface area contributed by atoms with Gasteiger partial charge in [-0.2, -0.15) is 0 Å². The first-order valence-electron chi connectivity index (χ1n) is 5.24. The predicted molar refractivity (Wildman–Crippen MR) is 61.1 cm³/mol. The summed E-state index contributed by atoms with van der Waals surface area (Å²) in [6.07, 6.45) is 0.0838. The molecule has 0 heterocycles. The normalized spacial score (nSPS) is 11.9. The maximum atomic E-state index is 12.6. The van der Waals surface area contributed by atoms with Crippen molar-refractivity contribution in [1.29, 1.82) is 0 Å². The van der Waals surface area contributed by atoms with Crippen LogP contribution < -0.4 is 5.32 Å². The Balaban J connectivity index is 2.44. The smallest absolute Gasteiger partial charge is 0.303 e. The molecule has 0 bridgehead atoms. The van der Waals surface area contributed by atoms with Gasteiger partial charge < -0.3 is 10.4 Å². The highest BCUT2D eigenvalue weighted by Gasteiger charge is 2.12. The summed E-state index contributed by atoms with van der Waals surface area (Å²) in [6, 6.07) is 5.40. The van der Waals surface area contributed by atoms with Gasteiger partial charge in [0.25, 0.3) is 0 Å². The van der Waals surface area contributed by atoms with Crippen molar-refractivity contribution in [2.24, 2.45) is 5.92 Å². The Labute approximate surface area is 98.5 Å². The molecule has 0 radical (unpaired) electrons. The Morgan fingerprint density at radius 1 is 1.29 bits per heavy atom. The number of aliphatic carboxylic acids is 1. The molecule has 0 unspecified atom stereocenters. The molecule has 17 heavy (non-hydrogen) atoms. The third-order valence-corrected chi connectivity index (χ3v) is 2.18. The van der Waals surface area contributed by atoms with Gasteiger partial charge in [-0.1, -0.05) is 6.92 Å². The minimum Gasteiger partial charge on any atom is -0.481 e. The van der Waals surface area contributed by atoms with Crippen LogP contribution in [0.25, 0.3) is 0 Å². The molecule has 0 saturated carbocycles. The minimum atomic E-state index is -0.924. The quantitative estimate of drug-likeness (QED) is 0.828. The maximum absolute atomic E-state index is 12.6. The fourth-order valence-corrected chi connectivity index (χ4v) is 1.43. The minimum absolute atomic E-state index is 0.0448. The summed E-state index contributed by atoms with van der Waals surface area (Å²) in [4.78, 5) is 21.9. The lowest BCUT2D eigenvalue weighted by atomic mass is 10.0. The van der Waals surface area contributed by atoms with Gasteiger partial charge in [0.2, 0.25) is 5.91 Å². The molecule has 4 nitrogen and oxygen atoms in total. The van der Waals surface area contributed by atoms with Crippen molar-refractivity contribution in [3.63, 3.8) is 0 Å². The van der Waals surface area contributed by atoms with Crippen LogP contribution in [0.15, 0.2) is 24.3 Å². The highest BCUT2D eigenvalue weighted by Crippen LogP contribution is 2.12. The van der Waals surface area contributed by atoms with E-state index in [1.807, 2.05) is 0 Å². The van der Waals surface area contributed by atoms with Crippen molar-refractivity contribution < 1.29 is 19.1 Å². The van der Waals surface area contributed by atoms with Gasteiger partial charge in [0.15, 0.2) is 0 Å². The van der Waals surface area contributed by atoms with Gasteiger partial charge >= 0.3 is 5.97 Å². The van der Waals surface area contributed by atoms with E-state index in [2.05, 4.69) is 5.32 Å². The van der Waals surface area contributed by atoms with E-state index in [4.69, 9.17) is 5.11 Å². The SMILES string of the molecule is C[C@@H](CC(=O)O)CC(=O)Nc1ccc(F)cc1. The Morgan fingerprint density at radius 3 is 2.41 bits per heavy atom. The second-order valence-electron chi connectivity index (χ2n) is 3.96. The van der Waals surface area contributed by atoms with Crippen LogP contribution in [-0.2, 0) is 9.59 Å². The van der Waals surface area contributed by atoms with E-state index >= 15 is 0 Å². The number of rotatable bonds is 5. The molecule has 1 atom stereocenters. The summed E-state index contributed by atoms with van der Waals surface area (Å²) in [5.41, 5.74) is 0.499. The molecule has 92 valence electrons. The topological polar surface area (TPSA) is 66.4 Å². The highest BCUT2D eigenvalue weighted by molar-refractivity contribution is 5.91. The average molecular weight is 239 g/mol. The molecule has 0 saturated heterocycles. The van der Waals surface area contributed by atoms with Crippen LogP contribution in [0, 0.1) is 11.7 Å². The van der Waals surface area contributed by atoms with E-state index in [0.717, 1.165) is 0 Å². The zero-order valence-corrected chi connectivity index (χ0v) is 9.44. The Bertz CT molecular complexity index is 403. The number of carbonyl (C=O) groups excluding carboxylic acids is 1. The van der Waals surface area contributed by atoms with E-state index in [-0.39, 0.29) is 30.5 Å². The van der Waals surface area contributed by atoms with Gasteiger partial charge in [-0.25, -0.2) is 4.39 Å². The molecule has 1 rings (SSSR count). The highest BCUT2D eigenvalue weighted by atomic mass is 19.1. The first-order chi connectivity index (χ1) is 7.97. The van der Waals surface area contributed by atoms with Gasteiger partial charge in [0, 0.05) is 18.5 Å². The molecule has 5 heteroatoms. The molecule has 2 N–H and O–H groups in total. The van der Waals surface area contributed by atoms with Crippen LogP contribution in [0.1, 0.15) is 19.8 Å². The largest absolute Gasteiger partial charge is 0.481 e. The fraction of sp³-hybridized carbons (Fsp3) is 0.333. The molecular weight excluding hydrogens is 225 g/mol. The van der Waals surface area contributed by atoms with E-state index < -0.39 is 5.97 Å². The molecule has 0 aliphatic rings. The van der Waals surface area contributed by atoms with Crippen molar-refractivity contribution in [2.75, 3.05) is 5.32 Å². The van der Waals surface area contributed by atoms with Gasteiger partial charge in [0.05, 0.1) is 0 Å². The van der Waals surface area contributed by atoms with Gasteiger partial charge in [-0.05, 0) is 30.2 Å². The Kier molecular flexibility index (Phi) is 4.63. The zero-order chi connectivity index (χ0) is 12.8. The zero-order valence-electron chi connectivity index (χ0n) is 9.44. The number of carboxylic acid groups (broad SMARTS) is 1. The number of nitrogens with one attached hydrogen (secondary N) is 1. The number of hydrogen-bond donors (Lipinski definition) is 2. The van der Waals surface area contributed by atoms with E-state index in [1.165, 1.54) is 24.3 Å². The maximum Gasteiger partial charge on any atom is 0.303 e. The number of amides is 1. The van der Waals surface area contributed by atoms with Crippen molar-refractivity contribution >= 4 is 17.6 Å². The van der Waals surface area contributed by atoms with Gasteiger partial charge in [0.1, 0.15) is 5.82 Å². The van der Waals surface area contributed by atoms with Crippen LogP contribution in [0.4, 0.5) is 10.1 Å². The first kappa shape index (κ1) is 13.2. The molecule has 0 aromatic heterocycles. The van der Waals surface area contributed by atoms with Crippen LogP contribution in [0.2, 0.25) is 0 Å². The molecule has 1 aromatic rings. The molecule has 0 aliphatic heterocycles. The number of anilines is 1. The average Bonchev–Trinajstić information content (AvgIpc) is 2.19. The van der Waals surface area contributed by atoms with E-state index in [0.29, 0.717) is 5.69 Å². The number of benzene rings is 1. The second-order valence-corrected chi connectivity index (χ2v) is 3.96. The number of halogens is 1. The summed E-state index contributed by atoms with van der Waals surface area (Å²) in [5.74, 6) is -1.80. The molecule has 0 aliphatic carbocycles. The molecule has 0 spiro atoms. The third kappa shape index (κ3) is 5.10. The van der Waals surface area contributed by atoms with Gasteiger partial charge in [-0.3, -0.25) is 9.59 Å².